The Morgan fingerprint density at radius 2 is 2.11 bits per heavy atom. The van der Waals surface area contributed by atoms with Crippen LogP contribution in [0.5, 0.6) is 0 Å². The monoisotopic (exact) mass is 251 g/mol. The average molecular weight is 251 g/mol. The Labute approximate surface area is 104 Å². The maximum absolute atomic E-state index is 13.6. The van der Waals surface area contributed by atoms with Crippen LogP contribution in [0.1, 0.15) is 23.0 Å². The van der Waals surface area contributed by atoms with E-state index in [9.17, 15) is 8.78 Å². The molecule has 96 valence electrons. The second-order valence-corrected chi connectivity index (χ2v) is 4.35. The summed E-state index contributed by atoms with van der Waals surface area (Å²) in [4.78, 5) is 0. The van der Waals surface area contributed by atoms with Crippen molar-refractivity contribution in [3.63, 3.8) is 0 Å². The molecule has 0 amide bonds. The van der Waals surface area contributed by atoms with Gasteiger partial charge < -0.3 is 5.73 Å². The summed E-state index contributed by atoms with van der Waals surface area (Å²) in [6.07, 6.45) is 0.414. The van der Waals surface area contributed by atoms with Gasteiger partial charge in [-0.15, -0.1) is 0 Å². The first-order chi connectivity index (χ1) is 8.49. The lowest BCUT2D eigenvalue weighted by Gasteiger charge is -2.13. The molecule has 0 bridgehead atoms. The molecule has 1 aromatic heterocycles. The smallest absolute Gasteiger partial charge is 0.163 e. The topological polar surface area (TPSA) is 43.8 Å². The molecule has 0 aliphatic heterocycles. The zero-order valence-corrected chi connectivity index (χ0v) is 10.3. The van der Waals surface area contributed by atoms with Crippen molar-refractivity contribution < 1.29 is 8.78 Å². The zero-order chi connectivity index (χ0) is 13.3. The van der Waals surface area contributed by atoms with E-state index < -0.39 is 17.7 Å². The Morgan fingerprint density at radius 3 is 2.72 bits per heavy atom. The van der Waals surface area contributed by atoms with Gasteiger partial charge in [-0.3, -0.25) is 4.68 Å². The Kier molecular flexibility index (Phi) is 3.43. The molecule has 0 aliphatic rings. The van der Waals surface area contributed by atoms with Gasteiger partial charge in [0, 0.05) is 30.8 Å². The van der Waals surface area contributed by atoms with Crippen molar-refractivity contribution in [1.82, 2.24) is 9.78 Å². The molecule has 0 spiro atoms. The highest BCUT2D eigenvalue weighted by Crippen LogP contribution is 2.21. The van der Waals surface area contributed by atoms with Crippen molar-refractivity contribution in [2.45, 2.75) is 19.4 Å². The summed E-state index contributed by atoms with van der Waals surface area (Å²) < 4.78 is 28.4. The molecule has 0 fully saturated rings. The third-order valence-corrected chi connectivity index (χ3v) is 2.91. The van der Waals surface area contributed by atoms with Crippen LogP contribution in [0.3, 0.4) is 0 Å². The zero-order valence-electron chi connectivity index (χ0n) is 10.3. The van der Waals surface area contributed by atoms with Crippen molar-refractivity contribution >= 4 is 0 Å². The molecule has 1 aromatic carbocycles. The van der Waals surface area contributed by atoms with E-state index >= 15 is 0 Å². The lowest BCUT2D eigenvalue weighted by Crippen LogP contribution is -2.17. The maximum atomic E-state index is 13.6. The Bertz CT molecular complexity index is 563. The minimum absolute atomic E-state index is 0.189. The maximum Gasteiger partial charge on any atom is 0.163 e. The van der Waals surface area contributed by atoms with Crippen LogP contribution in [-0.2, 0) is 13.5 Å². The minimum atomic E-state index is -0.871. The molecule has 5 heteroatoms. The quantitative estimate of drug-likeness (QED) is 0.909. The molecule has 2 N–H and O–H groups in total. The number of aryl methyl sites for hydroxylation is 2. The number of rotatable bonds is 3. The van der Waals surface area contributed by atoms with Crippen LogP contribution in [0.4, 0.5) is 8.78 Å². The highest BCUT2D eigenvalue weighted by molar-refractivity contribution is 5.24. The van der Waals surface area contributed by atoms with Crippen molar-refractivity contribution in [1.29, 1.82) is 0 Å². The first-order valence-corrected chi connectivity index (χ1v) is 5.68. The molecular formula is C13H15F2N3. The lowest BCUT2D eigenvalue weighted by molar-refractivity contribution is 0.486. The van der Waals surface area contributed by atoms with E-state index in [0.717, 1.165) is 17.5 Å². The number of aromatic nitrogens is 2. The van der Waals surface area contributed by atoms with Gasteiger partial charge in [-0.1, -0.05) is 12.1 Å². The SMILES string of the molecule is Cc1cc(CC(N)c2cccc(F)c2F)n(C)n1. The molecule has 1 atom stereocenters. The van der Waals surface area contributed by atoms with Crippen molar-refractivity contribution in [2.75, 3.05) is 0 Å². The van der Waals surface area contributed by atoms with Gasteiger partial charge in [0.1, 0.15) is 0 Å². The summed E-state index contributed by atoms with van der Waals surface area (Å²) >= 11 is 0. The highest BCUT2D eigenvalue weighted by Gasteiger charge is 2.16. The number of halogens is 2. The summed E-state index contributed by atoms with van der Waals surface area (Å²) in [5.41, 5.74) is 7.88. The van der Waals surface area contributed by atoms with Gasteiger partial charge in [0.15, 0.2) is 11.6 Å². The van der Waals surface area contributed by atoms with E-state index in [2.05, 4.69) is 5.10 Å². The van der Waals surface area contributed by atoms with Crippen molar-refractivity contribution in [3.05, 3.63) is 52.9 Å². The predicted octanol–water partition coefficient (Wildman–Crippen LogP) is 2.25. The van der Waals surface area contributed by atoms with Crippen LogP contribution in [0, 0.1) is 18.6 Å². The van der Waals surface area contributed by atoms with Gasteiger partial charge >= 0.3 is 0 Å². The molecule has 0 saturated heterocycles. The van der Waals surface area contributed by atoms with Crippen molar-refractivity contribution in [3.8, 4) is 0 Å². The largest absolute Gasteiger partial charge is 0.324 e. The van der Waals surface area contributed by atoms with E-state index in [-0.39, 0.29) is 5.56 Å². The average Bonchev–Trinajstić information content (AvgIpc) is 2.61. The van der Waals surface area contributed by atoms with Crippen molar-refractivity contribution in [2.24, 2.45) is 12.8 Å². The summed E-state index contributed by atoms with van der Waals surface area (Å²) in [7, 11) is 1.80. The molecular weight excluding hydrogens is 236 g/mol. The first kappa shape index (κ1) is 12.7. The Balaban J connectivity index is 2.24. The van der Waals surface area contributed by atoms with E-state index in [1.807, 2.05) is 13.0 Å². The van der Waals surface area contributed by atoms with Gasteiger partial charge in [0.2, 0.25) is 0 Å². The fourth-order valence-electron chi connectivity index (χ4n) is 2.00. The summed E-state index contributed by atoms with van der Waals surface area (Å²) in [5.74, 6) is -1.74. The Morgan fingerprint density at radius 1 is 1.39 bits per heavy atom. The van der Waals surface area contributed by atoms with Gasteiger partial charge in [0.25, 0.3) is 0 Å². The fourth-order valence-corrected chi connectivity index (χ4v) is 2.00. The highest BCUT2D eigenvalue weighted by atomic mass is 19.2. The number of benzene rings is 1. The van der Waals surface area contributed by atoms with E-state index in [0.29, 0.717) is 6.42 Å². The van der Waals surface area contributed by atoms with Crippen LogP contribution in [0.2, 0.25) is 0 Å². The predicted molar refractivity (Wildman–Crippen MR) is 64.9 cm³/mol. The number of nitrogens with zero attached hydrogens (tertiary/aromatic N) is 2. The standard InChI is InChI=1S/C13H15F2N3/c1-8-6-9(18(2)17-8)7-12(16)10-4-3-5-11(14)13(10)15/h3-6,12H,7,16H2,1-2H3. The van der Waals surface area contributed by atoms with Gasteiger partial charge in [0.05, 0.1) is 5.69 Å². The van der Waals surface area contributed by atoms with E-state index in [4.69, 9.17) is 5.73 Å². The summed E-state index contributed by atoms with van der Waals surface area (Å²) in [6.45, 7) is 1.87. The molecule has 0 aliphatic carbocycles. The summed E-state index contributed by atoms with van der Waals surface area (Å²) in [5, 5.41) is 4.19. The van der Waals surface area contributed by atoms with Crippen LogP contribution in [0.25, 0.3) is 0 Å². The normalized spacial score (nSPS) is 12.7. The fraction of sp³-hybridized carbons (Fsp3) is 0.308. The number of nitrogens with two attached hydrogens (primary N) is 1. The van der Waals surface area contributed by atoms with E-state index in [1.165, 1.54) is 12.1 Å². The molecule has 0 radical (unpaired) electrons. The molecule has 3 nitrogen and oxygen atoms in total. The molecule has 1 unspecified atom stereocenters. The third kappa shape index (κ3) is 2.41. The second-order valence-electron chi connectivity index (χ2n) is 4.35. The van der Waals surface area contributed by atoms with Crippen LogP contribution in [0.15, 0.2) is 24.3 Å². The molecule has 0 saturated carbocycles. The molecule has 1 heterocycles. The van der Waals surface area contributed by atoms with Crippen LogP contribution < -0.4 is 5.73 Å². The van der Waals surface area contributed by atoms with Crippen LogP contribution in [-0.4, -0.2) is 9.78 Å². The van der Waals surface area contributed by atoms with Crippen LogP contribution >= 0.6 is 0 Å². The van der Waals surface area contributed by atoms with E-state index in [1.54, 1.807) is 11.7 Å². The number of hydrogen-bond acceptors (Lipinski definition) is 2. The molecule has 2 rings (SSSR count). The van der Waals surface area contributed by atoms with Gasteiger partial charge in [-0.2, -0.15) is 5.10 Å². The second kappa shape index (κ2) is 4.86. The Hall–Kier alpha value is -1.75. The lowest BCUT2D eigenvalue weighted by atomic mass is 10.0. The van der Waals surface area contributed by atoms with Gasteiger partial charge in [-0.05, 0) is 19.1 Å². The minimum Gasteiger partial charge on any atom is -0.324 e. The third-order valence-electron chi connectivity index (χ3n) is 2.91. The molecule has 2 aromatic rings. The number of hydrogen-bond donors (Lipinski definition) is 1. The first-order valence-electron chi connectivity index (χ1n) is 5.68. The van der Waals surface area contributed by atoms with Gasteiger partial charge in [-0.25, -0.2) is 8.78 Å². The molecule has 18 heavy (non-hydrogen) atoms. The summed E-state index contributed by atoms with van der Waals surface area (Å²) in [6, 6.07) is 5.35.